The number of carboxylic acids is 1. The zero-order valence-electron chi connectivity index (χ0n) is 9.08. The summed E-state index contributed by atoms with van der Waals surface area (Å²) in [5.74, 6) is -0.223. The topological polar surface area (TPSA) is 63.1 Å². The minimum absolute atomic E-state index is 0.261. The van der Waals surface area contributed by atoms with Crippen LogP contribution >= 0.6 is 23.1 Å². The minimum Gasteiger partial charge on any atom is -0.478 e. The molecule has 2 aromatic heterocycles. The Balaban J connectivity index is 2.04. The summed E-state index contributed by atoms with van der Waals surface area (Å²) in [6.07, 6.45) is 1.51. The second-order valence-corrected chi connectivity index (χ2v) is 5.39. The van der Waals surface area contributed by atoms with Crippen molar-refractivity contribution in [3.05, 3.63) is 40.0 Å². The van der Waals surface area contributed by atoms with Crippen molar-refractivity contribution in [2.75, 3.05) is 0 Å². The van der Waals surface area contributed by atoms with Crippen molar-refractivity contribution in [3.8, 4) is 0 Å². The fourth-order valence-electron chi connectivity index (χ4n) is 1.24. The zero-order chi connectivity index (χ0) is 12.3. The van der Waals surface area contributed by atoms with Crippen LogP contribution in [0.15, 0.2) is 28.7 Å². The number of thiazole rings is 1. The van der Waals surface area contributed by atoms with Crippen LogP contribution in [-0.2, 0) is 5.75 Å². The molecular formula is C11H10N2O2S2. The number of nitrogens with zero attached hydrogens (tertiary/aromatic N) is 2. The number of carboxylic acid groups (broad SMARTS) is 1. The molecule has 0 atom stereocenters. The second-order valence-electron chi connectivity index (χ2n) is 3.33. The van der Waals surface area contributed by atoms with Gasteiger partial charge in [0.15, 0.2) is 0 Å². The second kappa shape index (κ2) is 5.29. The standard InChI is InChI=1S/C11H10N2O2S2/c1-7-13-9(5-16-7)6-17-10-4-8(11(14)15)2-3-12-10/h2-5H,6H2,1H3,(H,14,15). The number of hydrogen-bond donors (Lipinski definition) is 1. The van der Waals surface area contributed by atoms with E-state index in [9.17, 15) is 4.79 Å². The van der Waals surface area contributed by atoms with E-state index in [0.29, 0.717) is 10.8 Å². The van der Waals surface area contributed by atoms with Crippen LogP contribution in [0.2, 0.25) is 0 Å². The van der Waals surface area contributed by atoms with Crippen LogP contribution in [0.3, 0.4) is 0 Å². The molecule has 0 aromatic carbocycles. The normalized spacial score (nSPS) is 10.4. The molecule has 2 aromatic rings. The molecule has 0 saturated heterocycles. The number of pyridine rings is 1. The number of aromatic nitrogens is 2. The van der Waals surface area contributed by atoms with Crippen molar-refractivity contribution in [3.63, 3.8) is 0 Å². The van der Waals surface area contributed by atoms with Crippen LogP contribution in [-0.4, -0.2) is 21.0 Å². The van der Waals surface area contributed by atoms with Crippen molar-refractivity contribution in [2.45, 2.75) is 17.7 Å². The largest absolute Gasteiger partial charge is 0.478 e. The van der Waals surface area contributed by atoms with Crippen LogP contribution in [0.5, 0.6) is 0 Å². The Morgan fingerprint density at radius 3 is 3.06 bits per heavy atom. The number of rotatable bonds is 4. The third-order valence-electron chi connectivity index (χ3n) is 2.02. The molecule has 0 fully saturated rings. The van der Waals surface area contributed by atoms with Crippen molar-refractivity contribution in [1.82, 2.24) is 9.97 Å². The lowest BCUT2D eigenvalue weighted by Crippen LogP contribution is -1.96. The summed E-state index contributed by atoms with van der Waals surface area (Å²) in [4.78, 5) is 19.2. The van der Waals surface area contributed by atoms with Gasteiger partial charge in [-0.25, -0.2) is 14.8 Å². The van der Waals surface area contributed by atoms with Gasteiger partial charge in [0, 0.05) is 17.3 Å². The Bertz CT molecular complexity index is 540. The van der Waals surface area contributed by atoms with Crippen molar-refractivity contribution in [1.29, 1.82) is 0 Å². The lowest BCUT2D eigenvalue weighted by Gasteiger charge is -1.99. The summed E-state index contributed by atoms with van der Waals surface area (Å²) in [7, 11) is 0. The fourth-order valence-corrected chi connectivity index (χ4v) is 2.75. The lowest BCUT2D eigenvalue weighted by atomic mass is 10.3. The van der Waals surface area contributed by atoms with E-state index in [4.69, 9.17) is 5.11 Å². The van der Waals surface area contributed by atoms with Crippen LogP contribution < -0.4 is 0 Å². The van der Waals surface area contributed by atoms with E-state index < -0.39 is 5.97 Å². The van der Waals surface area contributed by atoms with Gasteiger partial charge in [-0.1, -0.05) is 11.8 Å². The first-order chi connectivity index (χ1) is 8.15. The first-order valence-corrected chi connectivity index (χ1v) is 6.75. The van der Waals surface area contributed by atoms with Gasteiger partial charge in [-0.3, -0.25) is 0 Å². The van der Waals surface area contributed by atoms with E-state index in [0.717, 1.165) is 10.7 Å². The van der Waals surface area contributed by atoms with Gasteiger partial charge in [0.2, 0.25) is 0 Å². The number of hydrogen-bond acceptors (Lipinski definition) is 5. The van der Waals surface area contributed by atoms with Gasteiger partial charge >= 0.3 is 5.97 Å². The molecule has 0 amide bonds. The summed E-state index contributed by atoms with van der Waals surface area (Å²) >= 11 is 3.10. The summed E-state index contributed by atoms with van der Waals surface area (Å²) in [6, 6.07) is 3.06. The Hall–Kier alpha value is -1.40. The molecule has 6 heteroatoms. The molecule has 0 unspecified atom stereocenters. The van der Waals surface area contributed by atoms with E-state index in [-0.39, 0.29) is 5.56 Å². The Labute approximate surface area is 107 Å². The van der Waals surface area contributed by atoms with Gasteiger partial charge in [0.1, 0.15) is 0 Å². The molecule has 0 saturated carbocycles. The van der Waals surface area contributed by atoms with Crippen molar-refractivity contribution >= 4 is 29.1 Å². The molecule has 0 aliphatic carbocycles. The lowest BCUT2D eigenvalue weighted by molar-refractivity contribution is 0.0696. The van der Waals surface area contributed by atoms with Gasteiger partial charge in [0.25, 0.3) is 0 Å². The van der Waals surface area contributed by atoms with Gasteiger partial charge in [0.05, 0.1) is 21.3 Å². The third-order valence-corrected chi connectivity index (χ3v) is 3.80. The van der Waals surface area contributed by atoms with E-state index in [2.05, 4.69) is 9.97 Å². The van der Waals surface area contributed by atoms with E-state index in [1.165, 1.54) is 24.0 Å². The highest BCUT2D eigenvalue weighted by Gasteiger charge is 2.05. The molecule has 2 heterocycles. The van der Waals surface area contributed by atoms with E-state index in [1.807, 2.05) is 12.3 Å². The Morgan fingerprint density at radius 2 is 2.41 bits per heavy atom. The predicted molar refractivity (Wildman–Crippen MR) is 67.6 cm³/mol. The molecular weight excluding hydrogens is 256 g/mol. The maximum atomic E-state index is 10.8. The highest BCUT2D eigenvalue weighted by molar-refractivity contribution is 7.98. The van der Waals surface area contributed by atoms with E-state index in [1.54, 1.807) is 17.4 Å². The third kappa shape index (κ3) is 3.28. The highest BCUT2D eigenvalue weighted by atomic mass is 32.2. The average molecular weight is 266 g/mol. The predicted octanol–water partition coefficient (Wildman–Crippen LogP) is 2.84. The molecule has 1 N–H and O–H groups in total. The van der Waals surface area contributed by atoms with Crippen LogP contribution in [0.1, 0.15) is 21.1 Å². The summed E-state index contributed by atoms with van der Waals surface area (Å²) in [6.45, 7) is 1.96. The van der Waals surface area contributed by atoms with Gasteiger partial charge in [-0.2, -0.15) is 0 Å². The summed E-state index contributed by atoms with van der Waals surface area (Å²) in [5, 5.41) is 12.6. The molecule has 0 aliphatic rings. The molecule has 0 bridgehead atoms. The molecule has 0 aliphatic heterocycles. The van der Waals surface area contributed by atoms with Crippen LogP contribution in [0.4, 0.5) is 0 Å². The quantitative estimate of drug-likeness (QED) is 0.862. The number of thioether (sulfide) groups is 1. The zero-order valence-corrected chi connectivity index (χ0v) is 10.7. The average Bonchev–Trinajstić information content (AvgIpc) is 2.73. The Kier molecular flexibility index (Phi) is 3.75. The van der Waals surface area contributed by atoms with Crippen LogP contribution in [0, 0.1) is 6.92 Å². The van der Waals surface area contributed by atoms with E-state index >= 15 is 0 Å². The van der Waals surface area contributed by atoms with Gasteiger partial charge in [-0.05, 0) is 19.1 Å². The monoisotopic (exact) mass is 266 g/mol. The SMILES string of the molecule is Cc1nc(CSc2cc(C(=O)O)ccn2)cs1. The molecule has 4 nitrogen and oxygen atoms in total. The number of carbonyl (C=O) groups is 1. The van der Waals surface area contributed by atoms with Crippen molar-refractivity contribution in [2.24, 2.45) is 0 Å². The fraction of sp³-hybridized carbons (Fsp3) is 0.182. The van der Waals surface area contributed by atoms with Gasteiger partial charge < -0.3 is 5.11 Å². The Morgan fingerprint density at radius 1 is 1.59 bits per heavy atom. The first-order valence-electron chi connectivity index (χ1n) is 4.88. The molecule has 17 heavy (non-hydrogen) atoms. The number of aryl methyl sites for hydroxylation is 1. The molecule has 0 spiro atoms. The molecule has 88 valence electrons. The van der Waals surface area contributed by atoms with Gasteiger partial charge in [-0.15, -0.1) is 11.3 Å². The molecule has 0 radical (unpaired) electrons. The maximum Gasteiger partial charge on any atom is 0.335 e. The molecule has 2 rings (SSSR count). The van der Waals surface area contributed by atoms with Crippen molar-refractivity contribution < 1.29 is 9.90 Å². The minimum atomic E-state index is -0.932. The summed E-state index contributed by atoms with van der Waals surface area (Å²) < 4.78 is 0. The summed E-state index contributed by atoms with van der Waals surface area (Å²) in [5.41, 5.74) is 1.26. The first kappa shape index (κ1) is 12.1. The van der Waals surface area contributed by atoms with Crippen LogP contribution in [0.25, 0.3) is 0 Å². The smallest absolute Gasteiger partial charge is 0.335 e. The highest BCUT2D eigenvalue weighted by Crippen LogP contribution is 2.22. The number of aromatic carboxylic acids is 1. The maximum absolute atomic E-state index is 10.8.